The highest BCUT2D eigenvalue weighted by Crippen LogP contribution is 2.43. The van der Waals surface area contributed by atoms with Crippen molar-refractivity contribution in [2.75, 3.05) is 40.9 Å². The summed E-state index contributed by atoms with van der Waals surface area (Å²) in [7, 11) is 1.52. The molecular weight excluding hydrogens is 916 g/mol. The van der Waals surface area contributed by atoms with Crippen molar-refractivity contribution in [3.8, 4) is 0 Å². The van der Waals surface area contributed by atoms with E-state index >= 15 is 0 Å². The van der Waals surface area contributed by atoms with E-state index in [1.54, 1.807) is 0 Å². The standard InChI is InChI=1S/C62H123N2O7P/c1-7-10-13-16-19-22-25-28-30-31-32-33-34-36-39-42-45-48-51-54-61(65)63-59(58-70-72(67,68)69-57-56-64(4,5)6)60(53-50-47-44-41-38-35-27-24-21-18-15-12-9-3)71-62(66)55-52-49-46-43-40-37-29-26-23-20-17-14-11-8-2/h50,53,59-60H,7-49,51-52,54-58H2,1-6H3,(H-,63,65,67,68)/p+1/b53-50+. The van der Waals surface area contributed by atoms with Gasteiger partial charge in [0.05, 0.1) is 33.8 Å². The lowest BCUT2D eigenvalue weighted by Gasteiger charge is -2.27. The van der Waals surface area contributed by atoms with Gasteiger partial charge in [0.2, 0.25) is 5.91 Å². The lowest BCUT2D eigenvalue weighted by Crippen LogP contribution is -2.47. The average molecular weight is 1040 g/mol. The minimum Gasteiger partial charge on any atom is -0.456 e. The number of carbonyl (C=O) groups is 2. The molecule has 3 atom stereocenters. The third-order valence-electron chi connectivity index (χ3n) is 14.5. The third-order valence-corrected chi connectivity index (χ3v) is 15.5. The van der Waals surface area contributed by atoms with E-state index in [4.69, 9.17) is 13.8 Å². The number of rotatable bonds is 58. The minimum absolute atomic E-state index is 0.0458. The van der Waals surface area contributed by atoms with E-state index in [9.17, 15) is 19.0 Å². The number of phosphoric acid groups is 1. The van der Waals surface area contributed by atoms with Crippen molar-refractivity contribution in [3.63, 3.8) is 0 Å². The SMILES string of the molecule is CCCCCCCCCCCCC/C=C/C(OC(=O)CCCCCCCCCCCCCCCC)C(COP(=O)(O)OCC[N+](C)(C)C)NC(=O)CCCCCCCCCCCCCCCCCCCCC. The van der Waals surface area contributed by atoms with Gasteiger partial charge in [0.1, 0.15) is 19.3 Å². The van der Waals surface area contributed by atoms with Gasteiger partial charge in [-0.05, 0) is 31.8 Å². The van der Waals surface area contributed by atoms with Gasteiger partial charge in [0.15, 0.2) is 0 Å². The molecule has 0 aliphatic heterocycles. The van der Waals surface area contributed by atoms with Crippen LogP contribution in [-0.2, 0) is 27.9 Å². The number of carbonyl (C=O) groups excluding carboxylic acids is 2. The normalized spacial score (nSPS) is 13.7. The van der Waals surface area contributed by atoms with Crippen molar-refractivity contribution in [3.05, 3.63) is 12.2 Å². The average Bonchev–Trinajstić information content (AvgIpc) is 3.34. The van der Waals surface area contributed by atoms with E-state index in [1.165, 1.54) is 231 Å². The fraction of sp³-hybridized carbons (Fsp3) is 0.935. The maximum absolute atomic E-state index is 13.5. The molecule has 1 amide bonds. The van der Waals surface area contributed by atoms with Gasteiger partial charge in [0.25, 0.3) is 0 Å². The molecule has 3 unspecified atom stereocenters. The Hall–Kier alpha value is -1.25. The molecule has 0 aromatic heterocycles. The summed E-state index contributed by atoms with van der Waals surface area (Å²) in [6.07, 6.45) is 60.6. The number of hydrogen-bond acceptors (Lipinski definition) is 6. The summed E-state index contributed by atoms with van der Waals surface area (Å²) >= 11 is 0. The summed E-state index contributed by atoms with van der Waals surface area (Å²) in [6.45, 7) is 7.07. The van der Waals surface area contributed by atoms with Crippen LogP contribution in [0.15, 0.2) is 12.2 Å². The number of hydrogen-bond donors (Lipinski definition) is 2. The molecule has 0 radical (unpaired) electrons. The van der Waals surface area contributed by atoms with Gasteiger partial charge in [-0.3, -0.25) is 18.6 Å². The van der Waals surface area contributed by atoms with E-state index in [0.717, 1.165) is 57.8 Å². The van der Waals surface area contributed by atoms with E-state index < -0.39 is 20.0 Å². The molecule has 0 aromatic rings. The van der Waals surface area contributed by atoms with Crippen molar-refractivity contribution in [2.24, 2.45) is 0 Å². The molecule has 428 valence electrons. The highest BCUT2D eigenvalue weighted by molar-refractivity contribution is 7.47. The maximum Gasteiger partial charge on any atom is 0.472 e. The first-order valence-electron chi connectivity index (χ1n) is 31.5. The second kappa shape index (κ2) is 53.2. The van der Waals surface area contributed by atoms with Crippen LogP contribution in [0.2, 0.25) is 0 Å². The molecule has 0 spiro atoms. The summed E-state index contributed by atoms with van der Waals surface area (Å²) < 4.78 is 30.7. The number of quaternary nitrogens is 1. The largest absolute Gasteiger partial charge is 0.472 e. The number of likely N-dealkylation sites (N-methyl/N-ethyl adjacent to an activating group) is 1. The second-order valence-electron chi connectivity index (χ2n) is 23.0. The Bertz CT molecular complexity index is 1240. The van der Waals surface area contributed by atoms with Gasteiger partial charge in [-0.25, -0.2) is 4.57 Å². The molecule has 0 heterocycles. The summed E-state index contributed by atoms with van der Waals surface area (Å²) in [5.74, 6) is -0.483. The second-order valence-corrected chi connectivity index (χ2v) is 24.4. The van der Waals surface area contributed by atoms with E-state index in [0.29, 0.717) is 23.9 Å². The quantitative estimate of drug-likeness (QED) is 0.0205. The van der Waals surface area contributed by atoms with Gasteiger partial charge in [-0.15, -0.1) is 0 Å². The monoisotopic (exact) mass is 1040 g/mol. The third kappa shape index (κ3) is 53.6. The predicted octanol–water partition coefficient (Wildman–Crippen LogP) is 19.2. The van der Waals surface area contributed by atoms with Crippen LogP contribution in [0.3, 0.4) is 0 Å². The molecule has 0 rings (SSSR count). The Morgan fingerprint density at radius 1 is 0.472 bits per heavy atom. The molecule has 9 nitrogen and oxygen atoms in total. The van der Waals surface area contributed by atoms with Crippen LogP contribution in [0.5, 0.6) is 0 Å². The van der Waals surface area contributed by atoms with Crippen LogP contribution in [0.1, 0.15) is 323 Å². The Labute approximate surface area is 448 Å². The van der Waals surface area contributed by atoms with E-state index in [2.05, 4.69) is 26.1 Å². The van der Waals surface area contributed by atoms with Gasteiger partial charge >= 0.3 is 13.8 Å². The molecule has 0 aromatic carbocycles. The summed E-state index contributed by atoms with van der Waals surface area (Å²) in [6, 6.07) is -0.839. The predicted molar refractivity (Wildman–Crippen MR) is 310 cm³/mol. The maximum atomic E-state index is 13.5. The minimum atomic E-state index is -4.44. The zero-order valence-electron chi connectivity index (χ0n) is 49.0. The van der Waals surface area contributed by atoms with Crippen LogP contribution in [0, 0.1) is 0 Å². The highest BCUT2D eigenvalue weighted by atomic mass is 31.2. The lowest BCUT2D eigenvalue weighted by molar-refractivity contribution is -0.870. The van der Waals surface area contributed by atoms with Gasteiger partial charge in [-0.1, -0.05) is 290 Å². The Kier molecular flexibility index (Phi) is 52.2. The van der Waals surface area contributed by atoms with Crippen molar-refractivity contribution < 1.29 is 37.3 Å². The zero-order chi connectivity index (χ0) is 52.9. The summed E-state index contributed by atoms with van der Waals surface area (Å²) in [5.41, 5.74) is 0. The zero-order valence-corrected chi connectivity index (χ0v) is 49.9. The molecule has 10 heteroatoms. The fourth-order valence-electron chi connectivity index (χ4n) is 9.59. The van der Waals surface area contributed by atoms with Crippen LogP contribution in [0.25, 0.3) is 0 Å². The smallest absolute Gasteiger partial charge is 0.456 e. The number of unbranched alkanes of at least 4 members (excludes halogenated alkanes) is 42. The Morgan fingerprint density at radius 2 is 0.792 bits per heavy atom. The van der Waals surface area contributed by atoms with Crippen LogP contribution < -0.4 is 5.32 Å². The van der Waals surface area contributed by atoms with Gasteiger partial charge < -0.3 is 19.4 Å². The summed E-state index contributed by atoms with van der Waals surface area (Å²) in [5, 5.41) is 3.07. The molecular formula is C62H124N2O7P+. The van der Waals surface area contributed by atoms with E-state index in [-0.39, 0.29) is 25.1 Å². The van der Waals surface area contributed by atoms with Crippen LogP contribution in [-0.4, -0.2) is 74.3 Å². The first-order valence-corrected chi connectivity index (χ1v) is 33.0. The summed E-state index contributed by atoms with van der Waals surface area (Å²) in [4.78, 5) is 37.7. The first kappa shape index (κ1) is 70.8. The van der Waals surface area contributed by atoms with Crippen molar-refractivity contribution in [2.45, 2.75) is 335 Å². The van der Waals surface area contributed by atoms with Crippen molar-refractivity contribution in [1.29, 1.82) is 0 Å². The van der Waals surface area contributed by atoms with Gasteiger partial charge in [0, 0.05) is 12.8 Å². The first-order chi connectivity index (χ1) is 34.9. The number of amides is 1. The topological polar surface area (TPSA) is 111 Å². The van der Waals surface area contributed by atoms with Crippen LogP contribution in [0.4, 0.5) is 0 Å². The molecule has 0 fully saturated rings. The molecule has 0 saturated carbocycles. The van der Waals surface area contributed by atoms with Gasteiger partial charge in [-0.2, -0.15) is 0 Å². The molecule has 0 saturated heterocycles. The molecule has 0 bridgehead atoms. The number of allylic oxidation sites excluding steroid dienone is 1. The Morgan fingerprint density at radius 3 is 1.14 bits per heavy atom. The fourth-order valence-corrected chi connectivity index (χ4v) is 10.3. The molecule has 0 aliphatic rings. The number of esters is 1. The lowest BCUT2D eigenvalue weighted by atomic mass is 10.0. The number of phosphoric ester groups is 1. The number of ether oxygens (including phenoxy) is 1. The van der Waals surface area contributed by atoms with E-state index in [1.807, 2.05) is 33.3 Å². The molecule has 0 aliphatic carbocycles. The highest BCUT2D eigenvalue weighted by Gasteiger charge is 2.30. The van der Waals surface area contributed by atoms with Crippen molar-refractivity contribution >= 4 is 19.7 Å². The van der Waals surface area contributed by atoms with Crippen LogP contribution >= 0.6 is 7.82 Å². The molecule has 2 N–H and O–H groups in total. The number of nitrogens with one attached hydrogen (secondary N) is 1. The number of nitrogens with zero attached hydrogens (tertiary/aromatic N) is 1. The van der Waals surface area contributed by atoms with Crippen molar-refractivity contribution in [1.82, 2.24) is 5.32 Å². The Balaban J connectivity index is 5.21. The molecule has 72 heavy (non-hydrogen) atoms.